The summed E-state index contributed by atoms with van der Waals surface area (Å²) in [6.07, 6.45) is 3.71. The van der Waals surface area contributed by atoms with Crippen LogP contribution in [-0.4, -0.2) is 23.5 Å². The van der Waals surface area contributed by atoms with Gasteiger partial charge in [-0.2, -0.15) is 0 Å². The molecular formula is C15H17N3O2. The number of rotatable bonds is 5. The second kappa shape index (κ2) is 5.46. The van der Waals surface area contributed by atoms with Gasteiger partial charge in [0.2, 0.25) is 5.89 Å². The summed E-state index contributed by atoms with van der Waals surface area (Å²) in [5.41, 5.74) is 7.08. The van der Waals surface area contributed by atoms with Crippen molar-refractivity contribution < 1.29 is 9.21 Å². The third-order valence-corrected chi connectivity index (χ3v) is 3.48. The number of nitrogens with zero attached hydrogens (tertiary/aromatic N) is 1. The van der Waals surface area contributed by atoms with Crippen molar-refractivity contribution in [3.05, 3.63) is 42.3 Å². The molecule has 0 radical (unpaired) electrons. The van der Waals surface area contributed by atoms with Crippen LogP contribution in [0.2, 0.25) is 0 Å². The zero-order valence-corrected chi connectivity index (χ0v) is 11.1. The first-order valence-corrected chi connectivity index (χ1v) is 6.79. The van der Waals surface area contributed by atoms with E-state index in [2.05, 4.69) is 10.3 Å². The van der Waals surface area contributed by atoms with Crippen molar-refractivity contribution in [2.45, 2.75) is 18.9 Å². The van der Waals surface area contributed by atoms with Crippen LogP contribution < -0.4 is 11.1 Å². The number of hydrogen-bond acceptors (Lipinski definition) is 4. The van der Waals surface area contributed by atoms with Crippen LogP contribution in [0.15, 0.2) is 41.0 Å². The lowest BCUT2D eigenvalue weighted by Crippen LogP contribution is -2.38. The maximum absolute atomic E-state index is 11.9. The van der Waals surface area contributed by atoms with Crippen LogP contribution in [0.25, 0.3) is 11.5 Å². The Hall–Kier alpha value is -2.14. The van der Waals surface area contributed by atoms with Crippen LogP contribution in [0.1, 0.15) is 23.3 Å². The smallest absolute Gasteiger partial charge is 0.273 e. The van der Waals surface area contributed by atoms with Gasteiger partial charge in [-0.15, -0.1) is 0 Å². The van der Waals surface area contributed by atoms with Crippen molar-refractivity contribution in [2.75, 3.05) is 6.54 Å². The highest BCUT2D eigenvalue weighted by Gasteiger charge is 2.28. The standard InChI is InChI=1S/C15H17N3O2/c16-12(10-6-7-10)8-17-14(19)13-9-20-15(18-13)11-4-2-1-3-5-11/h1-5,9-10,12H,6-8,16H2,(H,17,19). The van der Waals surface area contributed by atoms with Crippen LogP contribution in [0.4, 0.5) is 0 Å². The SMILES string of the molecule is NC(CNC(=O)c1coc(-c2ccccc2)n1)C1CC1. The molecule has 0 bridgehead atoms. The summed E-state index contributed by atoms with van der Waals surface area (Å²) >= 11 is 0. The van der Waals surface area contributed by atoms with Crippen molar-refractivity contribution in [3.8, 4) is 11.5 Å². The Kier molecular flexibility index (Phi) is 3.52. The van der Waals surface area contributed by atoms with Gasteiger partial charge in [0.25, 0.3) is 5.91 Å². The van der Waals surface area contributed by atoms with Crippen molar-refractivity contribution >= 4 is 5.91 Å². The summed E-state index contributed by atoms with van der Waals surface area (Å²) in [6.45, 7) is 0.483. The van der Waals surface area contributed by atoms with E-state index in [9.17, 15) is 4.79 Å². The van der Waals surface area contributed by atoms with Crippen molar-refractivity contribution in [3.63, 3.8) is 0 Å². The minimum absolute atomic E-state index is 0.0412. The highest BCUT2D eigenvalue weighted by Crippen LogP contribution is 2.31. The van der Waals surface area contributed by atoms with E-state index in [0.29, 0.717) is 18.4 Å². The van der Waals surface area contributed by atoms with E-state index >= 15 is 0 Å². The third-order valence-electron chi connectivity index (χ3n) is 3.48. The lowest BCUT2D eigenvalue weighted by atomic mass is 10.2. The third kappa shape index (κ3) is 2.88. The highest BCUT2D eigenvalue weighted by atomic mass is 16.3. The summed E-state index contributed by atoms with van der Waals surface area (Å²) in [7, 11) is 0. The molecule has 5 nitrogen and oxygen atoms in total. The number of oxazole rings is 1. The molecule has 20 heavy (non-hydrogen) atoms. The second-order valence-electron chi connectivity index (χ2n) is 5.12. The molecule has 1 saturated carbocycles. The first kappa shape index (κ1) is 12.9. The van der Waals surface area contributed by atoms with Crippen LogP contribution >= 0.6 is 0 Å². The van der Waals surface area contributed by atoms with Gasteiger partial charge >= 0.3 is 0 Å². The number of nitrogens with two attached hydrogens (primary N) is 1. The number of carbonyl (C=O) groups is 1. The largest absolute Gasteiger partial charge is 0.444 e. The topological polar surface area (TPSA) is 81.1 Å². The number of nitrogens with one attached hydrogen (secondary N) is 1. The maximum Gasteiger partial charge on any atom is 0.273 e. The Morgan fingerprint density at radius 3 is 2.85 bits per heavy atom. The number of amides is 1. The van der Waals surface area contributed by atoms with E-state index in [-0.39, 0.29) is 17.6 Å². The van der Waals surface area contributed by atoms with Crippen molar-refractivity contribution in [1.82, 2.24) is 10.3 Å². The molecule has 0 saturated heterocycles. The molecule has 2 aromatic rings. The Labute approximate surface area is 117 Å². The van der Waals surface area contributed by atoms with Gasteiger partial charge in [-0.05, 0) is 30.9 Å². The lowest BCUT2D eigenvalue weighted by Gasteiger charge is -2.10. The van der Waals surface area contributed by atoms with Gasteiger partial charge < -0.3 is 15.5 Å². The molecule has 3 N–H and O–H groups in total. The number of hydrogen-bond donors (Lipinski definition) is 2. The van der Waals surface area contributed by atoms with E-state index in [1.54, 1.807) is 0 Å². The van der Waals surface area contributed by atoms with Crippen LogP contribution in [0, 0.1) is 5.92 Å². The van der Waals surface area contributed by atoms with E-state index in [1.165, 1.54) is 19.1 Å². The highest BCUT2D eigenvalue weighted by molar-refractivity contribution is 5.92. The van der Waals surface area contributed by atoms with Gasteiger partial charge in [-0.3, -0.25) is 4.79 Å². The number of benzene rings is 1. The van der Waals surface area contributed by atoms with Gasteiger partial charge in [0.15, 0.2) is 5.69 Å². The molecule has 1 unspecified atom stereocenters. The molecular weight excluding hydrogens is 254 g/mol. The van der Waals surface area contributed by atoms with E-state index in [1.807, 2.05) is 30.3 Å². The van der Waals surface area contributed by atoms with E-state index in [0.717, 1.165) is 5.56 Å². The maximum atomic E-state index is 11.9. The molecule has 3 rings (SSSR count). The Bertz CT molecular complexity index is 590. The average molecular weight is 271 g/mol. The summed E-state index contributed by atoms with van der Waals surface area (Å²) in [5.74, 6) is 0.766. The number of aromatic nitrogens is 1. The molecule has 1 heterocycles. The minimum Gasteiger partial charge on any atom is -0.444 e. The Morgan fingerprint density at radius 2 is 2.15 bits per heavy atom. The lowest BCUT2D eigenvalue weighted by molar-refractivity contribution is 0.0945. The fraction of sp³-hybridized carbons (Fsp3) is 0.333. The molecule has 1 aliphatic rings. The molecule has 1 atom stereocenters. The fourth-order valence-electron chi connectivity index (χ4n) is 2.08. The molecule has 1 fully saturated rings. The van der Waals surface area contributed by atoms with Crippen LogP contribution in [-0.2, 0) is 0 Å². The molecule has 0 spiro atoms. The first-order valence-electron chi connectivity index (χ1n) is 6.79. The molecule has 1 aliphatic carbocycles. The zero-order valence-electron chi connectivity index (χ0n) is 11.1. The summed E-state index contributed by atoms with van der Waals surface area (Å²) in [6, 6.07) is 9.52. The van der Waals surface area contributed by atoms with Crippen molar-refractivity contribution in [2.24, 2.45) is 11.7 Å². The molecule has 104 valence electrons. The van der Waals surface area contributed by atoms with Gasteiger partial charge in [0.1, 0.15) is 6.26 Å². The minimum atomic E-state index is -0.243. The first-order chi connectivity index (χ1) is 9.74. The van der Waals surface area contributed by atoms with Gasteiger partial charge in [-0.1, -0.05) is 18.2 Å². The normalized spacial score (nSPS) is 15.8. The average Bonchev–Trinajstić information content (AvgIpc) is 3.22. The quantitative estimate of drug-likeness (QED) is 0.869. The molecule has 5 heteroatoms. The van der Waals surface area contributed by atoms with Gasteiger partial charge in [0, 0.05) is 18.2 Å². The van der Waals surface area contributed by atoms with E-state index in [4.69, 9.17) is 10.2 Å². The monoisotopic (exact) mass is 271 g/mol. The fourth-order valence-corrected chi connectivity index (χ4v) is 2.08. The summed E-state index contributed by atoms with van der Waals surface area (Å²) in [5, 5.41) is 2.80. The molecule has 1 aromatic heterocycles. The van der Waals surface area contributed by atoms with Gasteiger partial charge in [0.05, 0.1) is 0 Å². The Balaban J connectivity index is 1.62. The second-order valence-corrected chi connectivity index (χ2v) is 5.12. The predicted molar refractivity (Wildman–Crippen MR) is 75.0 cm³/mol. The summed E-state index contributed by atoms with van der Waals surface area (Å²) < 4.78 is 5.34. The van der Waals surface area contributed by atoms with Crippen LogP contribution in [0.3, 0.4) is 0 Å². The zero-order chi connectivity index (χ0) is 13.9. The van der Waals surface area contributed by atoms with E-state index < -0.39 is 0 Å². The van der Waals surface area contributed by atoms with Gasteiger partial charge in [-0.25, -0.2) is 4.98 Å². The van der Waals surface area contributed by atoms with Crippen molar-refractivity contribution in [1.29, 1.82) is 0 Å². The van der Waals surface area contributed by atoms with Crippen LogP contribution in [0.5, 0.6) is 0 Å². The number of carbonyl (C=O) groups excluding carboxylic acids is 1. The Morgan fingerprint density at radius 1 is 1.40 bits per heavy atom. The molecule has 0 aliphatic heterocycles. The molecule has 1 amide bonds. The molecule has 1 aromatic carbocycles. The predicted octanol–water partition coefficient (Wildman–Crippen LogP) is 1.81. The summed E-state index contributed by atoms with van der Waals surface area (Å²) in [4.78, 5) is 16.1.